The summed E-state index contributed by atoms with van der Waals surface area (Å²) >= 11 is 0. The summed E-state index contributed by atoms with van der Waals surface area (Å²) in [5.41, 5.74) is 6.91. The molecule has 0 radical (unpaired) electrons. The molecule has 1 rings (SSSR count). The van der Waals surface area contributed by atoms with Crippen LogP contribution in [0.25, 0.3) is 0 Å². The zero-order valence-electron chi connectivity index (χ0n) is 9.86. The molecular weight excluding hydrogens is 252 g/mol. The fourth-order valence-electron chi connectivity index (χ4n) is 1.58. The van der Waals surface area contributed by atoms with E-state index in [-0.39, 0.29) is 0 Å². The normalized spacial score (nSPS) is 25.4. The average molecular weight is 271 g/mol. The van der Waals surface area contributed by atoms with E-state index in [0.717, 1.165) is 0 Å². The summed E-state index contributed by atoms with van der Waals surface area (Å²) in [6.45, 7) is 19.1. The zero-order chi connectivity index (χ0) is 12.4. The maximum atomic E-state index is 5.99. The molecule has 88 valence electrons. The Kier molecular flexibility index (Phi) is 3.73. The third kappa shape index (κ3) is 2.42. The number of rotatable bonds is 4. The Balaban J connectivity index is 3.20. The Morgan fingerprint density at radius 1 is 0.688 bits per heavy atom. The molecule has 1 heterocycles. The molecule has 0 aliphatic carbocycles. The molecule has 0 atom stereocenters. The van der Waals surface area contributed by atoms with Crippen molar-refractivity contribution in [1.29, 1.82) is 0 Å². The fraction of sp³-hybridized carbons (Fsp3) is 0.200. The largest absolute Gasteiger partial charge is 0.410 e. The summed E-state index contributed by atoms with van der Waals surface area (Å²) in [4.78, 5) is 0. The summed E-state index contributed by atoms with van der Waals surface area (Å²) in [5, 5.41) is 0. The highest BCUT2D eigenvalue weighted by Gasteiger charge is 2.54. The zero-order valence-corrected chi connectivity index (χ0v) is 12.9. The summed E-state index contributed by atoms with van der Waals surface area (Å²) in [7, 11) is -7.35. The van der Waals surface area contributed by atoms with E-state index in [1.54, 1.807) is 22.8 Å². The lowest BCUT2D eigenvalue weighted by molar-refractivity contribution is 0.254. The molecule has 0 N–H and O–H groups in total. The van der Waals surface area contributed by atoms with Crippen molar-refractivity contribution in [3.05, 3.63) is 49.1 Å². The van der Waals surface area contributed by atoms with Crippen LogP contribution in [-0.2, 0) is 12.3 Å². The van der Waals surface area contributed by atoms with Crippen LogP contribution in [0.3, 0.4) is 0 Å². The van der Waals surface area contributed by atoms with Crippen molar-refractivity contribution in [3.8, 4) is 0 Å². The molecule has 0 bridgehead atoms. The van der Waals surface area contributed by atoms with Gasteiger partial charge >= 0.3 is 25.7 Å². The lowest BCUT2D eigenvalue weighted by Crippen LogP contribution is -2.66. The Bertz CT molecular complexity index is 292. The smallest absolute Gasteiger partial charge is 0.373 e. The molecule has 0 unspecified atom stereocenters. The van der Waals surface area contributed by atoms with Crippen molar-refractivity contribution >= 4 is 25.7 Å². The van der Waals surface area contributed by atoms with E-state index in [1.807, 2.05) is 13.1 Å². The highest BCUT2D eigenvalue weighted by atomic mass is 28.5. The first-order chi connectivity index (χ1) is 7.36. The van der Waals surface area contributed by atoms with Gasteiger partial charge in [-0.3, -0.25) is 0 Å². The minimum absolute atomic E-state index is 1.73. The predicted molar refractivity (Wildman–Crippen MR) is 73.0 cm³/mol. The predicted octanol–water partition coefficient (Wildman–Crippen LogP) is 2.54. The molecule has 1 fully saturated rings. The van der Waals surface area contributed by atoms with Crippen molar-refractivity contribution in [1.82, 2.24) is 0 Å². The van der Waals surface area contributed by atoms with Gasteiger partial charge in [-0.1, -0.05) is 0 Å². The van der Waals surface area contributed by atoms with Gasteiger partial charge in [0.25, 0.3) is 0 Å². The third-order valence-corrected chi connectivity index (χ3v) is 13.6. The minimum atomic E-state index is -2.56. The molecule has 16 heavy (non-hydrogen) atoms. The van der Waals surface area contributed by atoms with Gasteiger partial charge in [-0.15, -0.1) is 26.3 Å². The van der Waals surface area contributed by atoms with Gasteiger partial charge < -0.3 is 12.3 Å². The summed E-state index contributed by atoms with van der Waals surface area (Å²) in [5.74, 6) is 0. The maximum Gasteiger partial charge on any atom is 0.373 e. The van der Waals surface area contributed by atoms with E-state index in [4.69, 9.17) is 12.3 Å². The van der Waals surface area contributed by atoms with Crippen molar-refractivity contribution in [3.63, 3.8) is 0 Å². The van der Waals surface area contributed by atoms with Gasteiger partial charge in [0.05, 0.1) is 0 Å². The maximum absolute atomic E-state index is 5.99. The molecule has 0 aromatic carbocycles. The van der Waals surface area contributed by atoms with Gasteiger partial charge in [-0.2, -0.15) is 0 Å². The molecule has 1 aliphatic heterocycles. The van der Waals surface area contributed by atoms with Crippen LogP contribution in [0.5, 0.6) is 0 Å². The molecule has 3 nitrogen and oxygen atoms in total. The Hall–Kier alpha value is -0.509. The third-order valence-electron chi connectivity index (χ3n) is 2.27. The molecule has 0 amide bonds. The SMILES string of the molecule is C=C[Si]1(C=C)O[Si](C)(C)O[Si](C=C)(C=C)O1. The molecule has 0 saturated carbocycles. The van der Waals surface area contributed by atoms with Crippen LogP contribution in [0, 0.1) is 0 Å². The molecule has 1 aliphatic rings. The van der Waals surface area contributed by atoms with Crippen LogP contribution in [-0.4, -0.2) is 25.7 Å². The van der Waals surface area contributed by atoms with Gasteiger partial charge in [0.2, 0.25) is 0 Å². The average Bonchev–Trinajstić information content (AvgIpc) is 2.26. The highest BCUT2D eigenvalue weighted by Crippen LogP contribution is 2.32. The molecule has 0 spiro atoms. The second kappa shape index (κ2) is 4.40. The van der Waals surface area contributed by atoms with Crippen LogP contribution >= 0.6 is 0 Å². The van der Waals surface area contributed by atoms with Crippen molar-refractivity contribution < 1.29 is 12.3 Å². The van der Waals surface area contributed by atoms with E-state index in [2.05, 4.69) is 26.3 Å². The molecular formula is C10H18O3Si3. The fourth-order valence-corrected chi connectivity index (χ4v) is 14.3. The lowest BCUT2D eigenvalue weighted by atomic mass is 11.2. The second-order valence-electron chi connectivity index (χ2n) is 3.97. The van der Waals surface area contributed by atoms with Crippen LogP contribution in [0.15, 0.2) is 49.1 Å². The van der Waals surface area contributed by atoms with Crippen molar-refractivity contribution in [2.45, 2.75) is 13.1 Å². The van der Waals surface area contributed by atoms with Crippen LogP contribution in [0.1, 0.15) is 0 Å². The van der Waals surface area contributed by atoms with Gasteiger partial charge in [-0.05, 0) is 35.9 Å². The first kappa shape index (κ1) is 13.6. The van der Waals surface area contributed by atoms with Crippen LogP contribution in [0.4, 0.5) is 0 Å². The van der Waals surface area contributed by atoms with Crippen molar-refractivity contribution in [2.75, 3.05) is 0 Å². The van der Waals surface area contributed by atoms with Gasteiger partial charge in [0.1, 0.15) is 0 Å². The van der Waals surface area contributed by atoms with E-state index < -0.39 is 25.7 Å². The van der Waals surface area contributed by atoms with E-state index in [1.165, 1.54) is 0 Å². The number of hydrogen-bond acceptors (Lipinski definition) is 3. The topological polar surface area (TPSA) is 27.7 Å². The van der Waals surface area contributed by atoms with Gasteiger partial charge in [0.15, 0.2) is 0 Å². The Morgan fingerprint density at radius 3 is 1.25 bits per heavy atom. The van der Waals surface area contributed by atoms with E-state index in [0.29, 0.717) is 0 Å². The first-order valence-electron chi connectivity index (χ1n) is 5.01. The Labute approximate surface area is 100 Å². The quantitative estimate of drug-likeness (QED) is 0.735. The van der Waals surface area contributed by atoms with Gasteiger partial charge in [-0.25, -0.2) is 0 Å². The molecule has 0 aromatic rings. The Morgan fingerprint density at radius 2 is 1.00 bits per heavy atom. The van der Waals surface area contributed by atoms with E-state index >= 15 is 0 Å². The van der Waals surface area contributed by atoms with Crippen LogP contribution in [0.2, 0.25) is 13.1 Å². The molecule has 1 saturated heterocycles. The minimum Gasteiger partial charge on any atom is -0.410 e. The van der Waals surface area contributed by atoms with Gasteiger partial charge in [0, 0.05) is 0 Å². The summed E-state index contributed by atoms with van der Waals surface area (Å²) in [6.07, 6.45) is 0. The monoisotopic (exact) mass is 270 g/mol. The summed E-state index contributed by atoms with van der Waals surface area (Å²) < 4.78 is 17.9. The van der Waals surface area contributed by atoms with Crippen molar-refractivity contribution in [2.24, 2.45) is 0 Å². The molecule has 0 aromatic heterocycles. The lowest BCUT2D eigenvalue weighted by Gasteiger charge is -2.46. The second-order valence-corrected chi connectivity index (χ2v) is 13.7. The highest BCUT2D eigenvalue weighted by molar-refractivity contribution is 7.00. The summed E-state index contributed by atoms with van der Waals surface area (Å²) in [6, 6.07) is 0. The number of hydrogen-bond donors (Lipinski definition) is 0. The first-order valence-corrected chi connectivity index (χ1v) is 11.8. The standard InChI is InChI=1S/C10H18O3Si3/c1-7-15(8-2)11-14(5,6)12-16(9-3,10-4)13-15/h7-10H,1-4H2,5-6H3. The van der Waals surface area contributed by atoms with E-state index in [9.17, 15) is 0 Å². The van der Waals surface area contributed by atoms with Crippen LogP contribution < -0.4 is 0 Å². The molecule has 6 heteroatoms.